The zero-order valence-electron chi connectivity index (χ0n) is 25.2. The number of fused-ring (bicyclic) bond motifs is 1. The van der Waals surface area contributed by atoms with Gasteiger partial charge in [0.1, 0.15) is 11.2 Å². The number of aromatic nitrogens is 5. The number of methoxy groups -OCH3 is 1. The maximum absolute atomic E-state index is 14.2. The first-order valence-electron chi connectivity index (χ1n) is 15.2. The van der Waals surface area contributed by atoms with Crippen molar-refractivity contribution in [2.45, 2.75) is 19.3 Å². The monoisotopic (exact) mass is 633 g/mol. The van der Waals surface area contributed by atoms with E-state index in [1.807, 2.05) is 9.80 Å². The highest BCUT2D eigenvalue weighted by Crippen LogP contribution is 2.48. The van der Waals surface area contributed by atoms with Crippen LogP contribution < -0.4 is 19.9 Å². The number of carbonyl (C=O) groups excluding carboxylic acids is 2. The molecule has 4 heterocycles. The van der Waals surface area contributed by atoms with Crippen LogP contribution in [0.4, 0.5) is 26.4 Å². The number of hydrogen-bond acceptors (Lipinski definition) is 10. The van der Waals surface area contributed by atoms with E-state index in [0.29, 0.717) is 99.7 Å². The van der Waals surface area contributed by atoms with Gasteiger partial charge in [-0.25, -0.2) is 13.8 Å². The summed E-state index contributed by atoms with van der Waals surface area (Å²) in [5.41, 5.74) is 0.269. The normalized spacial score (nSPS) is 17.8. The molecule has 2 aromatic carbocycles. The third-order valence-corrected chi connectivity index (χ3v) is 8.67. The van der Waals surface area contributed by atoms with Crippen molar-refractivity contribution >= 4 is 40.4 Å². The average Bonchev–Trinajstić information content (AvgIpc) is 3.82. The molecule has 1 N–H and O–H groups in total. The van der Waals surface area contributed by atoms with Crippen LogP contribution in [0.15, 0.2) is 48.5 Å². The number of ether oxygens (including phenoxy) is 2. The molecule has 0 spiro atoms. The van der Waals surface area contributed by atoms with Gasteiger partial charge in [0.15, 0.2) is 5.82 Å². The van der Waals surface area contributed by atoms with Crippen LogP contribution in [0, 0.1) is 5.41 Å². The molecule has 3 aliphatic rings. The molecule has 7 rings (SSSR count). The van der Waals surface area contributed by atoms with Gasteiger partial charge in [-0.1, -0.05) is 24.3 Å². The van der Waals surface area contributed by atoms with E-state index in [0.717, 1.165) is 0 Å². The third kappa shape index (κ3) is 5.44. The first-order valence-corrected chi connectivity index (χ1v) is 15.2. The molecule has 2 saturated heterocycles. The number of hydrogen-bond donors (Lipinski definition) is 1. The Labute approximate surface area is 263 Å². The number of imidazole rings is 1. The number of para-hydroxylation sites is 4. The summed E-state index contributed by atoms with van der Waals surface area (Å²) in [5, 5.41) is 2.88. The number of benzene rings is 2. The molecule has 3 fully saturated rings. The fourth-order valence-electron chi connectivity index (χ4n) is 5.96. The van der Waals surface area contributed by atoms with Gasteiger partial charge in [-0.2, -0.15) is 15.0 Å². The Kier molecular flexibility index (Phi) is 7.84. The van der Waals surface area contributed by atoms with Gasteiger partial charge >= 0.3 is 0 Å². The molecule has 46 heavy (non-hydrogen) atoms. The van der Waals surface area contributed by atoms with Gasteiger partial charge in [-0.15, -0.1) is 0 Å². The maximum Gasteiger partial charge on any atom is 0.296 e. The number of rotatable bonds is 8. The standard InChI is InChI=1S/C31H33F2N9O4/c1-45-23-9-5-3-7-21(23)35-26(43)31(10-11-31)27(44)39-12-14-40(15-13-39)28-36-29(41-16-18-46-19-17-41)38-30(37-28)42-22-8-4-2-6-20(22)34-25(42)24(32)33/h2-9,24H,10-19H2,1H3,(H,35,43). The van der Waals surface area contributed by atoms with Crippen molar-refractivity contribution in [1.29, 1.82) is 0 Å². The molecule has 0 bridgehead atoms. The van der Waals surface area contributed by atoms with Crippen molar-refractivity contribution < 1.29 is 27.8 Å². The highest BCUT2D eigenvalue weighted by Gasteiger charge is 2.58. The minimum Gasteiger partial charge on any atom is -0.495 e. The first kappa shape index (κ1) is 29.8. The zero-order chi connectivity index (χ0) is 31.8. The Morgan fingerprint density at radius 2 is 1.48 bits per heavy atom. The summed E-state index contributed by atoms with van der Waals surface area (Å²) in [7, 11) is 1.53. The average molecular weight is 634 g/mol. The van der Waals surface area contributed by atoms with Crippen molar-refractivity contribution in [3.63, 3.8) is 0 Å². The quantitative estimate of drug-likeness (QED) is 0.289. The molecule has 2 aromatic heterocycles. The van der Waals surface area contributed by atoms with E-state index in [4.69, 9.17) is 14.5 Å². The number of piperazine rings is 1. The minimum atomic E-state index is -2.86. The van der Waals surface area contributed by atoms with Crippen LogP contribution in [0.5, 0.6) is 5.75 Å². The highest BCUT2D eigenvalue weighted by molar-refractivity contribution is 6.13. The lowest BCUT2D eigenvalue weighted by atomic mass is 10.0. The molecule has 0 radical (unpaired) electrons. The van der Waals surface area contributed by atoms with Crippen LogP contribution in [-0.4, -0.2) is 101 Å². The Morgan fingerprint density at radius 3 is 2.15 bits per heavy atom. The number of morpholine rings is 1. The van der Waals surface area contributed by atoms with E-state index in [2.05, 4.69) is 20.3 Å². The molecular weight excluding hydrogens is 600 g/mol. The molecule has 0 atom stereocenters. The van der Waals surface area contributed by atoms with Crippen LogP contribution in [0.1, 0.15) is 25.1 Å². The lowest BCUT2D eigenvalue weighted by Crippen LogP contribution is -2.53. The van der Waals surface area contributed by atoms with E-state index in [1.165, 1.54) is 11.7 Å². The van der Waals surface area contributed by atoms with E-state index in [-0.39, 0.29) is 17.8 Å². The summed E-state index contributed by atoms with van der Waals surface area (Å²) < 4.78 is 40.6. The summed E-state index contributed by atoms with van der Waals surface area (Å²) >= 11 is 0. The van der Waals surface area contributed by atoms with Crippen molar-refractivity contribution in [3.8, 4) is 11.7 Å². The van der Waals surface area contributed by atoms with Gasteiger partial charge < -0.3 is 29.5 Å². The van der Waals surface area contributed by atoms with E-state index < -0.39 is 17.7 Å². The van der Waals surface area contributed by atoms with Gasteiger partial charge in [0.05, 0.1) is 37.0 Å². The predicted molar refractivity (Wildman–Crippen MR) is 165 cm³/mol. The molecule has 4 aromatic rings. The topological polar surface area (TPSA) is 131 Å². The Hall–Kier alpha value is -4.92. The third-order valence-electron chi connectivity index (χ3n) is 8.67. The Morgan fingerprint density at radius 1 is 0.848 bits per heavy atom. The number of nitrogens with one attached hydrogen (secondary N) is 1. The van der Waals surface area contributed by atoms with E-state index >= 15 is 0 Å². The molecule has 1 aliphatic carbocycles. The smallest absolute Gasteiger partial charge is 0.296 e. The number of nitrogens with zero attached hydrogens (tertiary/aromatic N) is 8. The second kappa shape index (κ2) is 12.1. The predicted octanol–water partition coefficient (Wildman–Crippen LogP) is 3.06. The number of carbonyl (C=O) groups is 2. The molecular formula is C31H33F2N9O4. The second-order valence-corrected chi connectivity index (χ2v) is 11.4. The molecule has 1 saturated carbocycles. The van der Waals surface area contributed by atoms with Crippen molar-refractivity contribution in [1.82, 2.24) is 29.4 Å². The van der Waals surface area contributed by atoms with Crippen LogP contribution in [0.2, 0.25) is 0 Å². The van der Waals surface area contributed by atoms with Gasteiger partial charge in [0.25, 0.3) is 6.43 Å². The molecule has 240 valence electrons. The fraction of sp³-hybridized carbons (Fsp3) is 0.419. The molecule has 13 nitrogen and oxygen atoms in total. The van der Waals surface area contributed by atoms with Crippen LogP contribution in [0.25, 0.3) is 17.0 Å². The SMILES string of the molecule is COc1ccccc1NC(=O)C1(C(=O)N2CCN(c3nc(N4CCOCC4)nc(-n4c(C(F)F)nc5ccccc54)n3)CC2)CC1. The van der Waals surface area contributed by atoms with Crippen LogP contribution in [-0.2, 0) is 14.3 Å². The van der Waals surface area contributed by atoms with Crippen molar-refractivity contribution in [3.05, 3.63) is 54.4 Å². The van der Waals surface area contributed by atoms with Crippen LogP contribution >= 0.6 is 0 Å². The summed E-state index contributed by atoms with van der Waals surface area (Å²) in [5.74, 6) is 0.212. The lowest BCUT2D eigenvalue weighted by Gasteiger charge is -2.36. The van der Waals surface area contributed by atoms with E-state index in [9.17, 15) is 18.4 Å². The van der Waals surface area contributed by atoms with Crippen molar-refractivity contribution in [2.75, 3.05) is 74.7 Å². The largest absolute Gasteiger partial charge is 0.495 e. The molecule has 0 unspecified atom stereocenters. The maximum atomic E-state index is 14.2. The van der Waals surface area contributed by atoms with Crippen molar-refractivity contribution in [2.24, 2.45) is 5.41 Å². The van der Waals surface area contributed by atoms with Gasteiger partial charge in [-0.3, -0.25) is 14.2 Å². The number of alkyl halides is 2. The number of amides is 2. The summed E-state index contributed by atoms with van der Waals surface area (Å²) in [6.45, 7) is 3.49. The Bertz CT molecular complexity index is 1770. The fourth-order valence-corrected chi connectivity index (χ4v) is 5.96. The minimum absolute atomic E-state index is 0.0407. The van der Waals surface area contributed by atoms with Gasteiger partial charge in [-0.05, 0) is 37.1 Å². The highest BCUT2D eigenvalue weighted by atomic mass is 19.3. The van der Waals surface area contributed by atoms with E-state index in [1.54, 1.807) is 53.4 Å². The van der Waals surface area contributed by atoms with Crippen LogP contribution in [0.3, 0.4) is 0 Å². The number of halogens is 2. The molecule has 2 amide bonds. The Balaban J connectivity index is 1.13. The summed E-state index contributed by atoms with van der Waals surface area (Å²) in [6, 6.07) is 13.9. The summed E-state index contributed by atoms with van der Waals surface area (Å²) in [6.07, 6.45) is -1.92. The molecule has 2 aliphatic heterocycles. The summed E-state index contributed by atoms with van der Waals surface area (Å²) in [4.78, 5) is 50.8. The zero-order valence-corrected chi connectivity index (χ0v) is 25.2. The number of anilines is 3. The first-order chi connectivity index (χ1) is 22.4. The van der Waals surface area contributed by atoms with Gasteiger partial charge in [0.2, 0.25) is 29.7 Å². The lowest BCUT2D eigenvalue weighted by molar-refractivity contribution is -0.142. The van der Waals surface area contributed by atoms with Gasteiger partial charge in [0, 0.05) is 39.3 Å². The second-order valence-electron chi connectivity index (χ2n) is 11.4. The molecule has 15 heteroatoms.